The lowest BCUT2D eigenvalue weighted by molar-refractivity contribution is 0.0954. The lowest BCUT2D eigenvalue weighted by Crippen LogP contribution is -2.25. The lowest BCUT2D eigenvalue weighted by atomic mass is 10.1. The Labute approximate surface area is 171 Å². The summed E-state index contributed by atoms with van der Waals surface area (Å²) in [6, 6.07) is 15.4. The highest BCUT2D eigenvalue weighted by Gasteiger charge is 2.16. The maximum Gasteiger partial charge on any atom is 0.251 e. The van der Waals surface area contributed by atoms with Gasteiger partial charge in [-0.2, -0.15) is 0 Å². The molecule has 0 radical (unpaired) electrons. The summed E-state index contributed by atoms with van der Waals surface area (Å²) in [6.45, 7) is 2.54. The van der Waals surface area contributed by atoms with Crippen molar-refractivity contribution in [2.24, 2.45) is 0 Å². The Bertz CT molecular complexity index is 939. The Hall–Kier alpha value is -3.08. The van der Waals surface area contributed by atoms with E-state index >= 15 is 0 Å². The summed E-state index contributed by atoms with van der Waals surface area (Å²) in [5.41, 5.74) is 3.60. The van der Waals surface area contributed by atoms with Gasteiger partial charge in [0.1, 0.15) is 12.0 Å². The number of aryl methyl sites for hydroxylation is 1. The molecule has 0 unspecified atom stereocenters. The molecule has 0 saturated heterocycles. The topological polar surface area (TPSA) is 64.4 Å². The quantitative estimate of drug-likeness (QED) is 0.620. The van der Waals surface area contributed by atoms with Crippen LogP contribution in [0.3, 0.4) is 0 Å². The van der Waals surface area contributed by atoms with Gasteiger partial charge in [-0.1, -0.05) is 17.7 Å². The zero-order valence-electron chi connectivity index (χ0n) is 16.7. The fourth-order valence-electron chi connectivity index (χ4n) is 3.54. The molecule has 5 nitrogen and oxygen atoms in total. The molecule has 1 aromatic heterocycles. The van der Waals surface area contributed by atoms with Crippen molar-refractivity contribution in [3.8, 4) is 17.2 Å². The first-order chi connectivity index (χ1) is 14.2. The SMILES string of the molecule is Cc1ccc(-c2nc(CCNC(=O)c3ccc(OC4CCCC4)cc3)co2)cc1. The number of carbonyl (C=O) groups is 1. The van der Waals surface area contributed by atoms with Crippen LogP contribution in [0.2, 0.25) is 0 Å². The monoisotopic (exact) mass is 390 g/mol. The maximum atomic E-state index is 12.4. The average Bonchev–Trinajstić information content (AvgIpc) is 3.41. The number of nitrogens with zero attached hydrogens (tertiary/aromatic N) is 1. The summed E-state index contributed by atoms with van der Waals surface area (Å²) in [6.07, 6.45) is 7.31. The maximum absolute atomic E-state index is 12.4. The van der Waals surface area contributed by atoms with Crippen molar-refractivity contribution in [1.82, 2.24) is 10.3 Å². The second-order valence-corrected chi connectivity index (χ2v) is 7.56. The van der Waals surface area contributed by atoms with E-state index in [1.54, 1.807) is 6.26 Å². The minimum Gasteiger partial charge on any atom is -0.490 e. The number of nitrogens with one attached hydrogen (secondary N) is 1. The van der Waals surface area contributed by atoms with Crippen molar-refractivity contribution in [1.29, 1.82) is 0 Å². The summed E-state index contributed by atoms with van der Waals surface area (Å²) < 4.78 is 11.5. The summed E-state index contributed by atoms with van der Waals surface area (Å²) in [4.78, 5) is 16.9. The van der Waals surface area contributed by atoms with Gasteiger partial charge in [-0.3, -0.25) is 4.79 Å². The summed E-state index contributed by atoms with van der Waals surface area (Å²) in [5.74, 6) is 1.34. The number of hydrogen-bond donors (Lipinski definition) is 1. The van der Waals surface area contributed by atoms with E-state index < -0.39 is 0 Å². The van der Waals surface area contributed by atoms with Crippen LogP contribution >= 0.6 is 0 Å². The highest BCUT2D eigenvalue weighted by molar-refractivity contribution is 5.94. The first kappa shape index (κ1) is 19.2. The molecule has 29 heavy (non-hydrogen) atoms. The lowest BCUT2D eigenvalue weighted by Gasteiger charge is -2.13. The van der Waals surface area contributed by atoms with E-state index in [9.17, 15) is 4.79 Å². The molecular weight excluding hydrogens is 364 g/mol. The number of hydrogen-bond acceptors (Lipinski definition) is 4. The van der Waals surface area contributed by atoms with E-state index in [4.69, 9.17) is 9.15 Å². The number of rotatable bonds is 7. The normalized spacial score (nSPS) is 14.1. The zero-order chi connectivity index (χ0) is 20.1. The van der Waals surface area contributed by atoms with Crippen LogP contribution in [0.1, 0.15) is 47.3 Å². The van der Waals surface area contributed by atoms with Crippen LogP contribution in [0.4, 0.5) is 0 Å². The minimum atomic E-state index is -0.0975. The number of amides is 1. The van der Waals surface area contributed by atoms with Crippen molar-refractivity contribution in [2.45, 2.75) is 45.1 Å². The third kappa shape index (κ3) is 5.05. The molecule has 1 aliphatic rings. The molecule has 0 bridgehead atoms. The molecule has 0 atom stereocenters. The molecule has 150 valence electrons. The van der Waals surface area contributed by atoms with Crippen LogP contribution in [0.5, 0.6) is 5.75 Å². The van der Waals surface area contributed by atoms with Gasteiger partial charge in [-0.25, -0.2) is 4.98 Å². The molecule has 4 rings (SSSR count). The fraction of sp³-hybridized carbons (Fsp3) is 0.333. The van der Waals surface area contributed by atoms with Crippen molar-refractivity contribution in [3.63, 3.8) is 0 Å². The number of aromatic nitrogens is 1. The van der Waals surface area contributed by atoms with E-state index in [0.717, 1.165) is 29.8 Å². The van der Waals surface area contributed by atoms with Crippen molar-refractivity contribution >= 4 is 5.91 Å². The highest BCUT2D eigenvalue weighted by atomic mass is 16.5. The molecule has 5 heteroatoms. The number of ether oxygens (including phenoxy) is 1. The van der Waals surface area contributed by atoms with E-state index in [-0.39, 0.29) is 5.91 Å². The molecule has 0 spiro atoms. The third-order valence-electron chi connectivity index (χ3n) is 5.24. The summed E-state index contributed by atoms with van der Waals surface area (Å²) in [5, 5.41) is 2.94. The summed E-state index contributed by atoms with van der Waals surface area (Å²) >= 11 is 0. The molecule has 1 N–H and O–H groups in total. The van der Waals surface area contributed by atoms with Gasteiger partial charge in [0.2, 0.25) is 5.89 Å². The average molecular weight is 390 g/mol. The first-order valence-corrected chi connectivity index (χ1v) is 10.2. The van der Waals surface area contributed by atoms with Crippen LogP contribution < -0.4 is 10.1 Å². The molecular formula is C24H26N2O3. The van der Waals surface area contributed by atoms with Gasteiger partial charge >= 0.3 is 0 Å². The first-order valence-electron chi connectivity index (χ1n) is 10.2. The summed E-state index contributed by atoms with van der Waals surface area (Å²) in [7, 11) is 0. The predicted molar refractivity (Wildman–Crippen MR) is 112 cm³/mol. The fourth-order valence-corrected chi connectivity index (χ4v) is 3.54. The Balaban J connectivity index is 1.26. The van der Waals surface area contributed by atoms with E-state index in [1.807, 2.05) is 55.5 Å². The van der Waals surface area contributed by atoms with Gasteiger partial charge in [0.25, 0.3) is 5.91 Å². The van der Waals surface area contributed by atoms with Gasteiger partial charge in [-0.05, 0) is 69.0 Å². The molecule has 3 aromatic rings. The Morgan fingerprint density at radius 3 is 2.55 bits per heavy atom. The molecule has 0 aliphatic heterocycles. The van der Waals surface area contributed by atoms with Crippen LogP contribution in [-0.4, -0.2) is 23.5 Å². The van der Waals surface area contributed by atoms with Gasteiger partial charge in [0.05, 0.1) is 11.8 Å². The van der Waals surface area contributed by atoms with Crippen LogP contribution in [-0.2, 0) is 6.42 Å². The Morgan fingerprint density at radius 2 is 1.83 bits per heavy atom. The van der Waals surface area contributed by atoms with Gasteiger partial charge < -0.3 is 14.5 Å². The van der Waals surface area contributed by atoms with Crippen molar-refractivity contribution in [3.05, 3.63) is 71.6 Å². The van der Waals surface area contributed by atoms with Gasteiger partial charge in [-0.15, -0.1) is 0 Å². The standard InChI is InChI=1S/C24H26N2O3/c1-17-6-8-19(9-7-17)24-26-20(16-28-24)14-15-25-23(27)18-10-12-22(13-11-18)29-21-4-2-3-5-21/h6-13,16,21H,2-5,14-15H2,1H3,(H,25,27). The van der Waals surface area contributed by atoms with E-state index in [2.05, 4.69) is 10.3 Å². The molecule has 1 heterocycles. The number of carbonyl (C=O) groups excluding carboxylic acids is 1. The molecule has 1 saturated carbocycles. The molecule has 1 amide bonds. The second kappa shape index (κ2) is 8.95. The highest BCUT2D eigenvalue weighted by Crippen LogP contribution is 2.24. The van der Waals surface area contributed by atoms with Crippen molar-refractivity contribution < 1.29 is 13.9 Å². The van der Waals surface area contributed by atoms with Gasteiger partial charge in [0, 0.05) is 24.1 Å². The number of benzene rings is 2. The predicted octanol–water partition coefficient (Wildman–Crippen LogP) is 4.94. The van der Waals surface area contributed by atoms with Crippen molar-refractivity contribution in [2.75, 3.05) is 6.54 Å². The van der Waals surface area contributed by atoms with Crippen LogP contribution in [0.25, 0.3) is 11.5 Å². The van der Waals surface area contributed by atoms with E-state index in [1.165, 1.54) is 18.4 Å². The van der Waals surface area contributed by atoms with Crippen LogP contribution in [0, 0.1) is 6.92 Å². The largest absolute Gasteiger partial charge is 0.490 e. The van der Waals surface area contributed by atoms with E-state index in [0.29, 0.717) is 30.5 Å². The van der Waals surface area contributed by atoms with Crippen LogP contribution in [0.15, 0.2) is 59.2 Å². The molecule has 1 fully saturated rings. The zero-order valence-corrected chi connectivity index (χ0v) is 16.7. The molecule has 1 aliphatic carbocycles. The third-order valence-corrected chi connectivity index (χ3v) is 5.24. The molecule has 2 aromatic carbocycles. The number of oxazole rings is 1. The Kier molecular flexibility index (Phi) is 5.94. The Morgan fingerprint density at radius 1 is 1.10 bits per heavy atom. The smallest absolute Gasteiger partial charge is 0.251 e. The second-order valence-electron chi connectivity index (χ2n) is 7.56. The minimum absolute atomic E-state index is 0.0975. The van der Waals surface area contributed by atoms with Gasteiger partial charge in [0.15, 0.2) is 0 Å².